The monoisotopic (exact) mass is 442 g/mol. The number of phenolic OH excluding ortho intramolecular Hbond substituents is 2. The van der Waals surface area contributed by atoms with Gasteiger partial charge in [-0.2, -0.15) is 0 Å². The molecule has 2 aromatic carbocycles. The van der Waals surface area contributed by atoms with Crippen LogP contribution in [-0.4, -0.2) is 65.1 Å². The zero-order chi connectivity index (χ0) is 22.6. The van der Waals surface area contributed by atoms with Gasteiger partial charge in [0.15, 0.2) is 17.3 Å². The Morgan fingerprint density at radius 3 is 2.66 bits per heavy atom. The highest BCUT2D eigenvalue weighted by Gasteiger charge is 2.39. The first kappa shape index (κ1) is 20.5. The fourth-order valence-electron chi connectivity index (χ4n) is 4.06. The van der Waals surface area contributed by atoms with Crippen LogP contribution in [0.5, 0.6) is 17.2 Å². The van der Waals surface area contributed by atoms with Crippen molar-refractivity contribution in [3.05, 3.63) is 35.6 Å². The lowest BCUT2D eigenvalue weighted by Gasteiger charge is -2.40. The average molecular weight is 442 g/mol. The van der Waals surface area contributed by atoms with Crippen LogP contribution < -0.4 is 15.4 Å². The third-order valence-electron chi connectivity index (χ3n) is 6.04. The summed E-state index contributed by atoms with van der Waals surface area (Å²) in [6.45, 7) is 4.16. The van der Waals surface area contributed by atoms with E-state index < -0.39 is 22.9 Å². The zero-order valence-electron chi connectivity index (χ0n) is 17.6. The molecule has 0 unspecified atom stereocenters. The number of nitrogens with zero attached hydrogens (tertiary/aromatic N) is 2. The van der Waals surface area contributed by atoms with Gasteiger partial charge >= 0.3 is 0 Å². The Hall–Kier alpha value is -3.37. The van der Waals surface area contributed by atoms with Gasteiger partial charge in [-0.3, -0.25) is 4.79 Å². The molecule has 0 atom stereocenters. The van der Waals surface area contributed by atoms with Gasteiger partial charge in [-0.15, -0.1) is 0 Å². The number of amides is 1. The first-order chi connectivity index (χ1) is 15.3. The van der Waals surface area contributed by atoms with E-state index in [1.165, 1.54) is 13.2 Å². The number of rotatable bonds is 5. The molecule has 2 aliphatic heterocycles. The summed E-state index contributed by atoms with van der Waals surface area (Å²) in [6.07, 6.45) is 0. The zero-order valence-corrected chi connectivity index (χ0v) is 17.6. The topological polar surface area (TPSA) is 118 Å². The summed E-state index contributed by atoms with van der Waals surface area (Å²) in [5.41, 5.74) is 1.09. The first-order valence-corrected chi connectivity index (χ1v) is 10.2. The van der Waals surface area contributed by atoms with Crippen LogP contribution >= 0.6 is 0 Å². The van der Waals surface area contributed by atoms with Crippen molar-refractivity contribution in [3.63, 3.8) is 0 Å². The number of hydrogen-bond donors (Lipinski definition) is 4. The Labute approximate surface area is 182 Å². The molecule has 0 saturated carbocycles. The molecule has 1 aromatic heterocycles. The number of carbonyl (C=O) groups excluding carboxylic acids is 1. The van der Waals surface area contributed by atoms with Crippen molar-refractivity contribution in [2.24, 2.45) is 0 Å². The summed E-state index contributed by atoms with van der Waals surface area (Å²) >= 11 is 0. The minimum atomic E-state index is -1.01. The normalized spacial score (nSPS) is 17.6. The van der Waals surface area contributed by atoms with E-state index in [9.17, 15) is 15.0 Å². The number of fused-ring (bicyclic) bond motifs is 1. The molecule has 0 radical (unpaired) electrons. The van der Waals surface area contributed by atoms with E-state index >= 15 is 4.39 Å². The van der Waals surface area contributed by atoms with E-state index in [-0.39, 0.29) is 29.1 Å². The van der Waals surface area contributed by atoms with Crippen molar-refractivity contribution in [1.82, 2.24) is 20.2 Å². The molecule has 3 heterocycles. The van der Waals surface area contributed by atoms with E-state index in [0.717, 1.165) is 13.1 Å². The molecule has 168 valence electrons. The summed E-state index contributed by atoms with van der Waals surface area (Å²) in [7, 11) is 1.31. The van der Waals surface area contributed by atoms with Crippen molar-refractivity contribution >= 4 is 16.9 Å². The number of nitrogens with one attached hydrogen (secondary N) is 2. The van der Waals surface area contributed by atoms with Crippen LogP contribution in [0.4, 0.5) is 4.39 Å². The highest BCUT2D eigenvalue weighted by atomic mass is 19.1. The molecule has 2 saturated heterocycles. The molecule has 10 heteroatoms. The number of methoxy groups -OCH3 is 1. The number of benzene rings is 2. The molecule has 2 aliphatic rings. The number of carbonyl (C=O) groups is 1. The standard InChI is InChI=1S/C22H23FN4O5/c1-22(9-32-10-22)27-15-5-11(21(30)25-12-7-24-8-12)3-4-14(15)26-20(27)13-6-16(31-2)18(28)19(29)17(13)23/h3-6,12,24,28-29H,7-10H2,1-2H3,(H,25,30). The van der Waals surface area contributed by atoms with Gasteiger partial charge in [0.1, 0.15) is 5.82 Å². The van der Waals surface area contributed by atoms with Gasteiger partial charge in [0.25, 0.3) is 5.91 Å². The third kappa shape index (κ3) is 3.06. The van der Waals surface area contributed by atoms with Gasteiger partial charge in [-0.1, -0.05) is 0 Å². The highest BCUT2D eigenvalue weighted by Crippen LogP contribution is 2.44. The van der Waals surface area contributed by atoms with Crippen LogP contribution in [-0.2, 0) is 10.3 Å². The maximum atomic E-state index is 15.1. The minimum Gasteiger partial charge on any atom is -0.502 e. The number of imidazole rings is 1. The molecule has 2 fully saturated rings. The SMILES string of the molecule is COc1cc(-c2nc3ccc(C(=O)NC4CNC4)cc3n2C2(C)COC2)c(F)c(O)c1O. The summed E-state index contributed by atoms with van der Waals surface area (Å²) in [5.74, 6) is -2.66. The van der Waals surface area contributed by atoms with Gasteiger partial charge in [0.2, 0.25) is 5.75 Å². The molecule has 4 N–H and O–H groups in total. The summed E-state index contributed by atoms with van der Waals surface area (Å²) in [4.78, 5) is 17.3. The summed E-state index contributed by atoms with van der Waals surface area (Å²) in [5, 5.41) is 26.1. The number of aromatic nitrogens is 2. The van der Waals surface area contributed by atoms with Gasteiger partial charge in [0, 0.05) is 18.7 Å². The van der Waals surface area contributed by atoms with Gasteiger partial charge in [0.05, 0.1) is 48.5 Å². The molecular formula is C22H23FN4O5. The van der Waals surface area contributed by atoms with Crippen molar-refractivity contribution in [2.75, 3.05) is 33.4 Å². The van der Waals surface area contributed by atoms with Gasteiger partial charge < -0.3 is 34.9 Å². The van der Waals surface area contributed by atoms with E-state index in [1.807, 2.05) is 11.5 Å². The molecule has 32 heavy (non-hydrogen) atoms. The largest absolute Gasteiger partial charge is 0.502 e. The second-order valence-corrected chi connectivity index (χ2v) is 8.43. The molecular weight excluding hydrogens is 419 g/mol. The summed E-state index contributed by atoms with van der Waals surface area (Å²) in [6, 6.07) is 6.50. The number of halogens is 1. The predicted molar refractivity (Wildman–Crippen MR) is 114 cm³/mol. The van der Waals surface area contributed by atoms with Crippen molar-refractivity contribution in [2.45, 2.75) is 18.5 Å². The Kier molecular flexibility index (Phi) is 4.72. The fourth-order valence-corrected chi connectivity index (χ4v) is 4.06. The van der Waals surface area contributed by atoms with E-state index in [1.54, 1.807) is 18.2 Å². The van der Waals surface area contributed by atoms with Gasteiger partial charge in [-0.05, 0) is 31.2 Å². The van der Waals surface area contributed by atoms with Crippen LogP contribution in [0.1, 0.15) is 17.3 Å². The van der Waals surface area contributed by atoms with E-state index in [0.29, 0.717) is 29.8 Å². The smallest absolute Gasteiger partial charge is 0.251 e. The molecule has 3 aromatic rings. The lowest BCUT2D eigenvalue weighted by molar-refractivity contribution is -0.0868. The fraction of sp³-hybridized carbons (Fsp3) is 0.364. The van der Waals surface area contributed by atoms with Gasteiger partial charge in [-0.25, -0.2) is 9.37 Å². The van der Waals surface area contributed by atoms with E-state index in [2.05, 4.69) is 15.6 Å². The molecule has 0 aliphatic carbocycles. The van der Waals surface area contributed by atoms with Crippen LogP contribution in [0.25, 0.3) is 22.4 Å². The highest BCUT2D eigenvalue weighted by molar-refractivity contribution is 5.98. The second-order valence-electron chi connectivity index (χ2n) is 8.43. The lowest BCUT2D eigenvalue weighted by atomic mass is 9.98. The van der Waals surface area contributed by atoms with Crippen LogP contribution in [0, 0.1) is 5.82 Å². The van der Waals surface area contributed by atoms with Crippen LogP contribution in [0.3, 0.4) is 0 Å². The number of ether oxygens (including phenoxy) is 2. The maximum absolute atomic E-state index is 15.1. The lowest BCUT2D eigenvalue weighted by Crippen LogP contribution is -2.56. The van der Waals surface area contributed by atoms with E-state index in [4.69, 9.17) is 9.47 Å². The number of aromatic hydroxyl groups is 2. The summed E-state index contributed by atoms with van der Waals surface area (Å²) < 4.78 is 27.4. The quantitative estimate of drug-likeness (QED) is 0.445. The Morgan fingerprint density at radius 1 is 1.31 bits per heavy atom. The molecule has 9 nitrogen and oxygen atoms in total. The number of phenols is 2. The predicted octanol–water partition coefficient (Wildman–Crippen LogP) is 1.71. The minimum absolute atomic E-state index is 0.0342. The Bertz CT molecular complexity index is 1230. The average Bonchev–Trinajstić information content (AvgIpc) is 3.11. The van der Waals surface area contributed by atoms with Crippen molar-refractivity contribution < 1.29 is 28.9 Å². The Balaban J connectivity index is 1.69. The molecule has 1 amide bonds. The second kappa shape index (κ2) is 7.35. The van der Waals surface area contributed by atoms with Crippen LogP contribution in [0.15, 0.2) is 24.3 Å². The maximum Gasteiger partial charge on any atom is 0.251 e. The molecule has 0 spiro atoms. The first-order valence-electron chi connectivity index (χ1n) is 10.2. The van der Waals surface area contributed by atoms with Crippen molar-refractivity contribution in [3.8, 4) is 28.6 Å². The molecule has 5 rings (SSSR count). The molecule has 0 bridgehead atoms. The Morgan fingerprint density at radius 2 is 2.06 bits per heavy atom. The number of hydrogen-bond acceptors (Lipinski definition) is 7. The third-order valence-corrected chi connectivity index (χ3v) is 6.04. The van der Waals surface area contributed by atoms with Crippen molar-refractivity contribution in [1.29, 1.82) is 0 Å². The van der Waals surface area contributed by atoms with Crippen LogP contribution in [0.2, 0.25) is 0 Å².